The van der Waals surface area contributed by atoms with Crippen molar-refractivity contribution in [3.63, 3.8) is 0 Å². The number of anilines is 1. The second-order valence-corrected chi connectivity index (χ2v) is 8.13. The first-order valence-corrected chi connectivity index (χ1v) is 10.8. The van der Waals surface area contributed by atoms with E-state index in [4.69, 9.17) is 15.2 Å². The SMILES string of the molecule is COc1ccc(C2CC(=O)N(C(=O)Nc3ccccc3CN)C2)cc1OC1CCCC1. The van der Waals surface area contributed by atoms with E-state index in [2.05, 4.69) is 5.32 Å². The molecule has 1 atom stereocenters. The van der Waals surface area contributed by atoms with Crippen LogP contribution in [0.25, 0.3) is 0 Å². The van der Waals surface area contributed by atoms with Gasteiger partial charge in [-0.1, -0.05) is 24.3 Å². The Morgan fingerprint density at radius 2 is 1.94 bits per heavy atom. The Kier molecular flexibility index (Phi) is 6.42. The number of nitrogens with two attached hydrogens (primary N) is 1. The van der Waals surface area contributed by atoms with Crippen molar-refractivity contribution in [2.24, 2.45) is 5.73 Å². The normalized spacial score (nSPS) is 19.0. The molecule has 1 unspecified atom stereocenters. The average Bonchev–Trinajstić information content (AvgIpc) is 3.43. The number of hydrogen-bond donors (Lipinski definition) is 2. The molecule has 2 aromatic rings. The predicted octanol–water partition coefficient (Wildman–Crippen LogP) is 4.02. The quantitative estimate of drug-likeness (QED) is 0.732. The highest BCUT2D eigenvalue weighted by Crippen LogP contribution is 2.37. The summed E-state index contributed by atoms with van der Waals surface area (Å²) in [7, 11) is 1.63. The first-order valence-electron chi connectivity index (χ1n) is 10.8. The van der Waals surface area contributed by atoms with E-state index in [0.717, 1.165) is 24.0 Å². The Morgan fingerprint density at radius 3 is 2.68 bits per heavy atom. The number of nitrogens with zero attached hydrogens (tertiary/aromatic N) is 1. The van der Waals surface area contributed by atoms with Crippen LogP contribution in [-0.2, 0) is 11.3 Å². The van der Waals surface area contributed by atoms with Crippen molar-refractivity contribution in [3.8, 4) is 11.5 Å². The van der Waals surface area contributed by atoms with Crippen LogP contribution in [0.2, 0.25) is 0 Å². The number of carbonyl (C=O) groups is 2. The second-order valence-electron chi connectivity index (χ2n) is 8.13. The average molecular weight is 424 g/mol. The molecule has 1 saturated carbocycles. The number of carbonyl (C=O) groups excluding carboxylic acids is 2. The molecule has 0 spiro atoms. The number of likely N-dealkylation sites (tertiary alicyclic amines) is 1. The summed E-state index contributed by atoms with van der Waals surface area (Å²) in [5, 5.41) is 2.83. The highest BCUT2D eigenvalue weighted by Gasteiger charge is 2.35. The smallest absolute Gasteiger partial charge is 0.328 e. The molecule has 1 aliphatic carbocycles. The maximum Gasteiger partial charge on any atom is 0.328 e. The molecule has 1 aliphatic heterocycles. The lowest BCUT2D eigenvalue weighted by molar-refractivity contribution is -0.125. The van der Waals surface area contributed by atoms with Gasteiger partial charge in [-0.05, 0) is 55.0 Å². The number of rotatable bonds is 6. The fourth-order valence-electron chi connectivity index (χ4n) is 4.36. The Hall–Kier alpha value is -3.06. The third-order valence-corrected chi connectivity index (χ3v) is 6.10. The minimum atomic E-state index is -0.427. The van der Waals surface area contributed by atoms with Crippen molar-refractivity contribution in [3.05, 3.63) is 53.6 Å². The molecule has 7 nitrogen and oxygen atoms in total. The molecule has 2 aliphatic rings. The van der Waals surface area contributed by atoms with Crippen LogP contribution in [0.3, 0.4) is 0 Å². The van der Waals surface area contributed by atoms with E-state index in [1.807, 2.05) is 36.4 Å². The van der Waals surface area contributed by atoms with E-state index in [0.29, 0.717) is 30.3 Å². The maximum absolute atomic E-state index is 12.8. The van der Waals surface area contributed by atoms with Crippen LogP contribution >= 0.6 is 0 Å². The zero-order valence-electron chi connectivity index (χ0n) is 17.8. The molecule has 3 N–H and O–H groups in total. The Bertz CT molecular complexity index is 956. The summed E-state index contributed by atoms with van der Waals surface area (Å²) in [6.07, 6.45) is 4.95. The standard InChI is InChI=1S/C24H29N3O4/c1-30-21-11-10-16(12-22(21)31-19-7-3-4-8-19)18-13-23(28)27(15-18)24(29)26-20-9-5-2-6-17(20)14-25/h2,5-6,9-12,18-19H,3-4,7-8,13-15,25H2,1H3,(H,26,29). The van der Waals surface area contributed by atoms with E-state index in [1.165, 1.54) is 17.7 Å². The van der Waals surface area contributed by atoms with Crippen LogP contribution in [0, 0.1) is 0 Å². The van der Waals surface area contributed by atoms with Crippen LogP contribution in [0.4, 0.5) is 10.5 Å². The Morgan fingerprint density at radius 1 is 1.16 bits per heavy atom. The number of nitrogens with one attached hydrogen (secondary N) is 1. The maximum atomic E-state index is 12.8. The summed E-state index contributed by atoms with van der Waals surface area (Å²) in [6.45, 7) is 0.632. The molecule has 7 heteroatoms. The van der Waals surface area contributed by atoms with Crippen molar-refractivity contribution >= 4 is 17.6 Å². The topological polar surface area (TPSA) is 93.9 Å². The molecule has 2 fully saturated rings. The number of hydrogen-bond acceptors (Lipinski definition) is 5. The van der Waals surface area contributed by atoms with Crippen molar-refractivity contribution in [2.75, 3.05) is 19.0 Å². The van der Waals surface area contributed by atoms with Crippen LogP contribution in [0.15, 0.2) is 42.5 Å². The van der Waals surface area contributed by atoms with Gasteiger partial charge in [0.05, 0.1) is 13.2 Å². The van der Waals surface area contributed by atoms with E-state index in [9.17, 15) is 9.59 Å². The lowest BCUT2D eigenvalue weighted by Gasteiger charge is -2.19. The summed E-state index contributed by atoms with van der Waals surface area (Å²) in [5.41, 5.74) is 8.17. The number of amides is 3. The van der Waals surface area contributed by atoms with Gasteiger partial charge in [-0.2, -0.15) is 0 Å². The lowest BCUT2D eigenvalue weighted by Crippen LogP contribution is -2.36. The number of para-hydroxylation sites is 1. The van der Waals surface area contributed by atoms with Crippen LogP contribution in [0.1, 0.15) is 49.1 Å². The van der Waals surface area contributed by atoms with Crippen molar-refractivity contribution in [1.82, 2.24) is 4.90 Å². The van der Waals surface area contributed by atoms with Gasteiger partial charge >= 0.3 is 6.03 Å². The summed E-state index contributed by atoms with van der Waals surface area (Å²) < 4.78 is 11.7. The van der Waals surface area contributed by atoms with E-state index in [-0.39, 0.29) is 24.3 Å². The number of ether oxygens (including phenoxy) is 2. The van der Waals surface area contributed by atoms with Gasteiger partial charge in [0.1, 0.15) is 0 Å². The second kappa shape index (κ2) is 9.39. The molecule has 4 rings (SSSR count). The molecule has 2 aromatic carbocycles. The highest BCUT2D eigenvalue weighted by molar-refractivity contribution is 6.03. The highest BCUT2D eigenvalue weighted by atomic mass is 16.5. The largest absolute Gasteiger partial charge is 0.493 e. The van der Waals surface area contributed by atoms with Gasteiger partial charge in [-0.3, -0.25) is 9.69 Å². The molecule has 1 heterocycles. The van der Waals surface area contributed by atoms with Crippen LogP contribution < -0.4 is 20.5 Å². The molecule has 0 aromatic heterocycles. The first kappa shape index (κ1) is 21.2. The van der Waals surface area contributed by atoms with Crippen LogP contribution in [0.5, 0.6) is 11.5 Å². The number of methoxy groups -OCH3 is 1. The lowest BCUT2D eigenvalue weighted by atomic mass is 9.98. The number of urea groups is 1. The summed E-state index contributed by atoms with van der Waals surface area (Å²) in [5.74, 6) is 1.12. The Labute approximate surface area is 182 Å². The van der Waals surface area contributed by atoms with Gasteiger partial charge in [-0.25, -0.2) is 4.79 Å². The predicted molar refractivity (Wildman–Crippen MR) is 118 cm³/mol. The summed E-state index contributed by atoms with van der Waals surface area (Å²) >= 11 is 0. The fraction of sp³-hybridized carbons (Fsp3) is 0.417. The van der Waals surface area contributed by atoms with Gasteiger partial charge in [0.25, 0.3) is 0 Å². The van der Waals surface area contributed by atoms with Gasteiger partial charge in [0.15, 0.2) is 11.5 Å². The number of benzene rings is 2. The van der Waals surface area contributed by atoms with E-state index in [1.54, 1.807) is 13.2 Å². The zero-order valence-corrected chi connectivity index (χ0v) is 17.8. The van der Waals surface area contributed by atoms with E-state index < -0.39 is 6.03 Å². The van der Waals surface area contributed by atoms with E-state index >= 15 is 0 Å². The molecule has 3 amide bonds. The summed E-state index contributed by atoms with van der Waals surface area (Å²) in [6, 6.07) is 12.7. The van der Waals surface area contributed by atoms with Crippen molar-refractivity contribution in [1.29, 1.82) is 0 Å². The minimum absolute atomic E-state index is 0.0835. The van der Waals surface area contributed by atoms with Gasteiger partial charge in [0, 0.05) is 31.1 Å². The molecular weight excluding hydrogens is 394 g/mol. The third-order valence-electron chi connectivity index (χ3n) is 6.10. The van der Waals surface area contributed by atoms with Crippen molar-refractivity contribution < 1.29 is 19.1 Å². The number of imide groups is 1. The third kappa shape index (κ3) is 4.66. The van der Waals surface area contributed by atoms with Crippen molar-refractivity contribution in [2.45, 2.75) is 50.7 Å². The summed E-state index contributed by atoms with van der Waals surface area (Å²) in [4.78, 5) is 26.7. The molecule has 31 heavy (non-hydrogen) atoms. The zero-order chi connectivity index (χ0) is 21.8. The molecule has 164 valence electrons. The fourth-order valence-corrected chi connectivity index (χ4v) is 4.36. The van der Waals surface area contributed by atoms with Gasteiger partial charge in [0.2, 0.25) is 5.91 Å². The molecule has 0 radical (unpaired) electrons. The minimum Gasteiger partial charge on any atom is -0.493 e. The first-order chi connectivity index (χ1) is 15.1. The monoisotopic (exact) mass is 423 g/mol. The van der Waals surface area contributed by atoms with Gasteiger partial charge in [-0.15, -0.1) is 0 Å². The van der Waals surface area contributed by atoms with Crippen LogP contribution in [-0.4, -0.2) is 36.6 Å². The van der Waals surface area contributed by atoms with Gasteiger partial charge < -0.3 is 20.5 Å². The Balaban J connectivity index is 1.47. The molecular formula is C24H29N3O4. The molecule has 1 saturated heterocycles. The molecule has 0 bridgehead atoms.